The fraction of sp³-hybridized carbons (Fsp3) is 0.333. The molecular weight excluding hydrogens is 345 g/mol. The maximum absolute atomic E-state index is 12.9. The molecule has 1 aliphatic rings. The molecule has 1 amide bonds. The number of Topliss-reactive ketones (excluding diaryl/α,β-unsaturated/α-hetero) is 1. The van der Waals surface area contributed by atoms with Crippen molar-refractivity contribution in [3.05, 3.63) is 65.5 Å². The Morgan fingerprint density at radius 3 is 2.19 bits per heavy atom. The van der Waals surface area contributed by atoms with Crippen LogP contribution in [0.3, 0.4) is 0 Å². The van der Waals surface area contributed by atoms with Gasteiger partial charge in [0.05, 0.1) is 6.54 Å². The van der Waals surface area contributed by atoms with Crippen LogP contribution in [0.2, 0.25) is 0 Å². The van der Waals surface area contributed by atoms with E-state index in [1.54, 1.807) is 19.1 Å². The van der Waals surface area contributed by atoms with E-state index in [4.69, 9.17) is 0 Å². The standard InChI is InChI=1S/C21H24FN3O2/c1-16(26)18-4-8-20(9-5-18)25-12-10-24(11-13-25)15-21(27)23-14-17-2-6-19(22)7-3-17/h2-9H,10-15H2,1H3,(H,23,27). The predicted molar refractivity (Wildman–Crippen MR) is 103 cm³/mol. The van der Waals surface area contributed by atoms with Crippen molar-refractivity contribution in [1.29, 1.82) is 0 Å². The Bertz CT molecular complexity index is 782. The zero-order chi connectivity index (χ0) is 19.2. The van der Waals surface area contributed by atoms with Crippen molar-refractivity contribution in [2.45, 2.75) is 13.5 Å². The van der Waals surface area contributed by atoms with Gasteiger partial charge in [0.15, 0.2) is 5.78 Å². The second-order valence-corrected chi connectivity index (χ2v) is 6.77. The van der Waals surface area contributed by atoms with Crippen LogP contribution in [0, 0.1) is 5.82 Å². The maximum atomic E-state index is 12.9. The van der Waals surface area contributed by atoms with Crippen LogP contribution in [0.4, 0.5) is 10.1 Å². The topological polar surface area (TPSA) is 52.7 Å². The Morgan fingerprint density at radius 2 is 1.59 bits per heavy atom. The van der Waals surface area contributed by atoms with E-state index in [0.717, 1.165) is 43.0 Å². The number of halogens is 1. The van der Waals surface area contributed by atoms with Gasteiger partial charge in [-0.15, -0.1) is 0 Å². The molecule has 0 spiro atoms. The summed E-state index contributed by atoms with van der Waals surface area (Å²) in [6, 6.07) is 13.8. The molecule has 27 heavy (non-hydrogen) atoms. The summed E-state index contributed by atoms with van der Waals surface area (Å²) < 4.78 is 12.9. The van der Waals surface area contributed by atoms with Crippen LogP contribution >= 0.6 is 0 Å². The molecule has 6 heteroatoms. The lowest BCUT2D eigenvalue weighted by molar-refractivity contribution is -0.122. The number of nitrogens with zero attached hydrogens (tertiary/aromatic N) is 2. The average molecular weight is 369 g/mol. The number of piperazine rings is 1. The van der Waals surface area contributed by atoms with Crippen molar-refractivity contribution in [3.63, 3.8) is 0 Å². The van der Waals surface area contributed by atoms with E-state index in [9.17, 15) is 14.0 Å². The third-order valence-corrected chi connectivity index (χ3v) is 4.78. The highest BCUT2D eigenvalue weighted by Crippen LogP contribution is 2.17. The highest BCUT2D eigenvalue weighted by atomic mass is 19.1. The molecule has 0 unspecified atom stereocenters. The molecule has 142 valence electrons. The average Bonchev–Trinajstić information content (AvgIpc) is 2.68. The van der Waals surface area contributed by atoms with Gasteiger partial charge >= 0.3 is 0 Å². The molecule has 0 saturated carbocycles. The highest BCUT2D eigenvalue weighted by molar-refractivity contribution is 5.94. The van der Waals surface area contributed by atoms with Gasteiger partial charge in [-0.1, -0.05) is 12.1 Å². The van der Waals surface area contributed by atoms with E-state index in [1.807, 2.05) is 24.3 Å². The van der Waals surface area contributed by atoms with Crippen molar-refractivity contribution in [2.75, 3.05) is 37.6 Å². The number of nitrogens with one attached hydrogen (secondary N) is 1. The highest BCUT2D eigenvalue weighted by Gasteiger charge is 2.19. The fourth-order valence-corrected chi connectivity index (χ4v) is 3.13. The summed E-state index contributed by atoms with van der Waals surface area (Å²) in [4.78, 5) is 27.9. The Hall–Kier alpha value is -2.73. The summed E-state index contributed by atoms with van der Waals surface area (Å²) in [5, 5.41) is 2.88. The predicted octanol–water partition coefficient (Wildman–Crippen LogP) is 2.47. The number of rotatable bonds is 6. The van der Waals surface area contributed by atoms with Gasteiger partial charge in [0.25, 0.3) is 0 Å². The zero-order valence-corrected chi connectivity index (χ0v) is 15.5. The zero-order valence-electron chi connectivity index (χ0n) is 15.5. The molecule has 1 N–H and O–H groups in total. The van der Waals surface area contributed by atoms with E-state index in [1.165, 1.54) is 12.1 Å². The largest absolute Gasteiger partial charge is 0.369 e. The molecule has 0 aliphatic carbocycles. The summed E-state index contributed by atoms with van der Waals surface area (Å²) in [7, 11) is 0. The molecule has 1 heterocycles. The minimum Gasteiger partial charge on any atom is -0.369 e. The third-order valence-electron chi connectivity index (χ3n) is 4.78. The van der Waals surface area contributed by atoms with Gasteiger partial charge in [-0.05, 0) is 48.9 Å². The number of carbonyl (C=O) groups is 2. The Labute approximate surface area is 158 Å². The van der Waals surface area contributed by atoms with Crippen LogP contribution < -0.4 is 10.2 Å². The first kappa shape index (κ1) is 19.0. The summed E-state index contributed by atoms with van der Waals surface area (Å²) in [5.41, 5.74) is 2.69. The van der Waals surface area contributed by atoms with Gasteiger partial charge in [0, 0.05) is 44.0 Å². The van der Waals surface area contributed by atoms with E-state index >= 15 is 0 Å². The lowest BCUT2D eigenvalue weighted by atomic mass is 10.1. The second-order valence-electron chi connectivity index (χ2n) is 6.77. The molecule has 1 fully saturated rings. The second kappa shape index (κ2) is 8.77. The number of carbonyl (C=O) groups excluding carboxylic acids is 2. The van der Waals surface area contributed by atoms with Gasteiger partial charge in [0.2, 0.25) is 5.91 Å². The number of ketones is 1. The quantitative estimate of drug-likeness (QED) is 0.795. The molecular formula is C21H24FN3O2. The molecule has 0 radical (unpaired) electrons. The monoisotopic (exact) mass is 369 g/mol. The number of hydrogen-bond donors (Lipinski definition) is 1. The number of hydrogen-bond acceptors (Lipinski definition) is 4. The first-order valence-corrected chi connectivity index (χ1v) is 9.11. The van der Waals surface area contributed by atoms with Crippen molar-refractivity contribution in [3.8, 4) is 0 Å². The number of anilines is 1. The van der Waals surface area contributed by atoms with Crippen LogP contribution in [-0.2, 0) is 11.3 Å². The van der Waals surface area contributed by atoms with Gasteiger partial charge in [-0.2, -0.15) is 0 Å². The van der Waals surface area contributed by atoms with E-state index in [0.29, 0.717) is 13.1 Å². The molecule has 2 aromatic carbocycles. The summed E-state index contributed by atoms with van der Waals surface area (Å²) >= 11 is 0. The van der Waals surface area contributed by atoms with Crippen LogP contribution in [0.5, 0.6) is 0 Å². The van der Waals surface area contributed by atoms with Gasteiger partial charge in [-0.25, -0.2) is 4.39 Å². The van der Waals surface area contributed by atoms with Gasteiger partial charge in [0.1, 0.15) is 5.82 Å². The minimum atomic E-state index is -0.279. The molecule has 0 bridgehead atoms. The van der Waals surface area contributed by atoms with Crippen LogP contribution in [0.1, 0.15) is 22.8 Å². The van der Waals surface area contributed by atoms with Crippen molar-refractivity contribution < 1.29 is 14.0 Å². The lowest BCUT2D eigenvalue weighted by Crippen LogP contribution is -2.49. The van der Waals surface area contributed by atoms with E-state index in [2.05, 4.69) is 15.1 Å². The lowest BCUT2D eigenvalue weighted by Gasteiger charge is -2.35. The number of benzene rings is 2. The molecule has 0 atom stereocenters. The Kier molecular flexibility index (Phi) is 6.19. The van der Waals surface area contributed by atoms with Crippen molar-refractivity contribution >= 4 is 17.4 Å². The molecule has 2 aromatic rings. The molecule has 1 aliphatic heterocycles. The number of amides is 1. The van der Waals surface area contributed by atoms with Gasteiger partial charge < -0.3 is 10.2 Å². The summed E-state index contributed by atoms with van der Waals surface area (Å²) in [6.07, 6.45) is 0. The van der Waals surface area contributed by atoms with Crippen LogP contribution in [-0.4, -0.2) is 49.3 Å². The van der Waals surface area contributed by atoms with E-state index < -0.39 is 0 Å². The van der Waals surface area contributed by atoms with Crippen molar-refractivity contribution in [2.24, 2.45) is 0 Å². The fourth-order valence-electron chi connectivity index (χ4n) is 3.13. The molecule has 5 nitrogen and oxygen atoms in total. The summed E-state index contributed by atoms with van der Waals surface area (Å²) in [6.45, 7) is 5.61. The minimum absolute atomic E-state index is 0.0291. The maximum Gasteiger partial charge on any atom is 0.234 e. The Balaban J connectivity index is 1.42. The van der Waals surface area contributed by atoms with Crippen molar-refractivity contribution in [1.82, 2.24) is 10.2 Å². The molecule has 3 rings (SSSR count). The molecule has 0 aromatic heterocycles. The van der Waals surface area contributed by atoms with Crippen LogP contribution in [0.25, 0.3) is 0 Å². The SMILES string of the molecule is CC(=O)c1ccc(N2CCN(CC(=O)NCc3ccc(F)cc3)CC2)cc1. The molecule has 1 saturated heterocycles. The third kappa shape index (κ3) is 5.37. The normalized spacial score (nSPS) is 14.8. The Morgan fingerprint density at radius 1 is 0.963 bits per heavy atom. The van der Waals surface area contributed by atoms with E-state index in [-0.39, 0.29) is 17.5 Å². The van der Waals surface area contributed by atoms with Crippen LogP contribution in [0.15, 0.2) is 48.5 Å². The first-order chi connectivity index (χ1) is 13.0. The smallest absolute Gasteiger partial charge is 0.234 e. The first-order valence-electron chi connectivity index (χ1n) is 9.11. The summed E-state index contributed by atoms with van der Waals surface area (Å²) in [5.74, 6) is -0.240. The van der Waals surface area contributed by atoms with Gasteiger partial charge in [-0.3, -0.25) is 14.5 Å².